The van der Waals surface area contributed by atoms with E-state index in [0.717, 1.165) is 11.3 Å². The van der Waals surface area contributed by atoms with Gasteiger partial charge in [-0.3, -0.25) is 9.69 Å². The molecule has 1 aliphatic heterocycles. The maximum absolute atomic E-state index is 11.6. The van der Waals surface area contributed by atoms with Crippen LogP contribution >= 0.6 is 0 Å². The first-order valence-corrected chi connectivity index (χ1v) is 6.75. The number of carbonyl (C=O) groups is 1. The predicted octanol–water partition coefficient (Wildman–Crippen LogP) is 2.85. The first-order chi connectivity index (χ1) is 9.66. The summed E-state index contributed by atoms with van der Waals surface area (Å²) in [4.78, 5) is 13.6. The van der Waals surface area contributed by atoms with Crippen LogP contribution in [0.4, 0.5) is 0 Å². The van der Waals surface area contributed by atoms with Crippen LogP contribution in [0.2, 0.25) is 0 Å². The maximum Gasteiger partial charge on any atom is 0.321 e. The Kier molecular flexibility index (Phi) is 3.32. The summed E-state index contributed by atoms with van der Waals surface area (Å²) in [5.74, 6) is 0.0218. The number of carboxylic acids is 1. The van der Waals surface area contributed by atoms with E-state index < -0.39 is 12.0 Å². The SMILES string of the molecule is CC(c1ccco1)N1Cc2ccccc2CC1C(=O)O. The van der Waals surface area contributed by atoms with Gasteiger partial charge in [-0.2, -0.15) is 0 Å². The molecule has 0 aliphatic carbocycles. The van der Waals surface area contributed by atoms with Crippen molar-refractivity contribution in [3.63, 3.8) is 0 Å². The number of nitrogens with zero attached hydrogens (tertiary/aromatic N) is 1. The van der Waals surface area contributed by atoms with Gasteiger partial charge in [0.05, 0.1) is 12.3 Å². The molecule has 2 heterocycles. The van der Waals surface area contributed by atoms with Gasteiger partial charge >= 0.3 is 5.97 Å². The zero-order chi connectivity index (χ0) is 14.1. The van der Waals surface area contributed by atoms with Gasteiger partial charge in [0, 0.05) is 6.54 Å². The summed E-state index contributed by atoms with van der Waals surface area (Å²) in [5.41, 5.74) is 2.33. The smallest absolute Gasteiger partial charge is 0.321 e. The van der Waals surface area contributed by atoms with Gasteiger partial charge in [0.1, 0.15) is 11.8 Å². The first kappa shape index (κ1) is 12.9. The van der Waals surface area contributed by atoms with Gasteiger partial charge in [-0.25, -0.2) is 0 Å². The topological polar surface area (TPSA) is 53.7 Å². The molecule has 0 radical (unpaired) electrons. The highest BCUT2D eigenvalue weighted by molar-refractivity contribution is 5.74. The van der Waals surface area contributed by atoms with Crippen LogP contribution in [0, 0.1) is 0 Å². The molecule has 0 bridgehead atoms. The quantitative estimate of drug-likeness (QED) is 0.932. The Bertz CT molecular complexity index is 606. The molecule has 0 amide bonds. The minimum Gasteiger partial charge on any atom is -0.480 e. The molecule has 0 saturated carbocycles. The third-order valence-corrected chi connectivity index (χ3v) is 4.02. The molecule has 4 heteroatoms. The summed E-state index contributed by atoms with van der Waals surface area (Å²) < 4.78 is 5.43. The van der Waals surface area contributed by atoms with E-state index in [2.05, 4.69) is 6.07 Å². The molecule has 4 nitrogen and oxygen atoms in total. The van der Waals surface area contributed by atoms with Crippen molar-refractivity contribution in [2.75, 3.05) is 0 Å². The van der Waals surface area contributed by atoms with Crippen molar-refractivity contribution in [2.45, 2.75) is 32.0 Å². The van der Waals surface area contributed by atoms with Crippen molar-refractivity contribution in [1.29, 1.82) is 0 Å². The average molecular weight is 271 g/mol. The number of furan rings is 1. The van der Waals surface area contributed by atoms with Crippen LogP contribution in [0.5, 0.6) is 0 Å². The van der Waals surface area contributed by atoms with Crippen molar-refractivity contribution >= 4 is 5.97 Å². The molecule has 2 aromatic rings. The molecule has 3 rings (SSSR count). The average Bonchev–Trinajstić information content (AvgIpc) is 2.99. The standard InChI is InChI=1S/C16H17NO3/c1-11(15-7-4-8-20-15)17-10-13-6-3-2-5-12(13)9-14(17)16(18)19/h2-8,11,14H,9-10H2,1H3,(H,18,19). The van der Waals surface area contributed by atoms with Crippen molar-refractivity contribution in [2.24, 2.45) is 0 Å². The van der Waals surface area contributed by atoms with Crippen LogP contribution in [0.25, 0.3) is 0 Å². The monoisotopic (exact) mass is 271 g/mol. The lowest BCUT2D eigenvalue weighted by Gasteiger charge is -2.37. The second-order valence-corrected chi connectivity index (χ2v) is 5.19. The lowest BCUT2D eigenvalue weighted by atomic mass is 9.92. The summed E-state index contributed by atoms with van der Waals surface area (Å²) in [5, 5.41) is 9.51. The molecule has 1 aromatic carbocycles. The zero-order valence-corrected chi connectivity index (χ0v) is 11.3. The van der Waals surface area contributed by atoms with Crippen LogP contribution in [-0.4, -0.2) is 22.0 Å². The third-order valence-electron chi connectivity index (χ3n) is 4.02. The number of fused-ring (bicyclic) bond motifs is 1. The van der Waals surface area contributed by atoms with Crippen LogP contribution in [0.15, 0.2) is 47.1 Å². The Balaban J connectivity index is 1.94. The first-order valence-electron chi connectivity index (χ1n) is 6.75. The van der Waals surface area contributed by atoms with Crippen LogP contribution in [0.3, 0.4) is 0 Å². The Morgan fingerprint density at radius 3 is 2.70 bits per heavy atom. The van der Waals surface area contributed by atoms with Crippen molar-refractivity contribution in [3.05, 3.63) is 59.5 Å². The van der Waals surface area contributed by atoms with Crippen molar-refractivity contribution in [1.82, 2.24) is 4.90 Å². The summed E-state index contributed by atoms with van der Waals surface area (Å²) >= 11 is 0. The van der Waals surface area contributed by atoms with Crippen molar-refractivity contribution < 1.29 is 14.3 Å². The van der Waals surface area contributed by atoms with Gasteiger partial charge in [0.25, 0.3) is 0 Å². The molecule has 104 valence electrons. The molecule has 20 heavy (non-hydrogen) atoms. The summed E-state index contributed by atoms with van der Waals surface area (Å²) in [6.07, 6.45) is 2.16. The van der Waals surface area contributed by atoms with Crippen LogP contribution < -0.4 is 0 Å². The van der Waals surface area contributed by atoms with Gasteiger partial charge in [-0.15, -0.1) is 0 Å². The molecule has 1 N–H and O–H groups in total. The molecule has 1 aromatic heterocycles. The highest BCUT2D eigenvalue weighted by Gasteiger charge is 2.35. The highest BCUT2D eigenvalue weighted by Crippen LogP contribution is 2.31. The molecule has 2 unspecified atom stereocenters. The molecule has 0 spiro atoms. The molecule has 2 atom stereocenters. The fourth-order valence-electron chi connectivity index (χ4n) is 2.87. The van der Waals surface area contributed by atoms with E-state index in [4.69, 9.17) is 4.42 Å². The molecule has 1 aliphatic rings. The number of aliphatic carboxylic acids is 1. The van der Waals surface area contributed by atoms with Crippen LogP contribution in [0.1, 0.15) is 29.9 Å². The van der Waals surface area contributed by atoms with E-state index in [9.17, 15) is 9.90 Å². The Hall–Kier alpha value is -2.07. The molecular weight excluding hydrogens is 254 g/mol. The Morgan fingerprint density at radius 1 is 1.30 bits per heavy atom. The second-order valence-electron chi connectivity index (χ2n) is 5.19. The van der Waals surface area contributed by atoms with E-state index >= 15 is 0 Å². The fourth-order valence-corrected chi connectivity index (χ4v) is 2.87. The molecular formula is C16H17NO3. The van der Waals surface area contributed by atoms with E-state index in [1.54, 1.807) is 6.26 Å². The minimum absolute atomic E-state index is 0.0561. The van der Waals surface area contributed by atoms with Crippen molar-refractivity contribution in [3.8, 4) is 0 Å². The number of hydrogen-bond acceptors (Lipinski definition) is 3. The predicted molar refractivity (Wildman–Crippen MR) is 74.2 cm³/mol. The Labute approximate surface area is 117 Å². The number of rotatable bonds is 3. The van der Waals surface area contributed by atoms with Gasteiger partial charge in [0.2, 0.25) is 0 Å². The molecule has 0 fully saturated rings. The van der Waals surface area contributed by atoms with Gasteiger partial charge in [-0.05, 0) is 36.6 Å². The fraction of sp³-hybridized carbons (Fsp3) is 0.312. The normalized spacial score (nSPS) is 20.4. The Morgan fingerprint density at radius 2 is 2.05 bits per heavy atom. The highest BCUT2D eigenvalue weighted by atomic mass is 16.4. The summed E-state index contributed by atoms with van der Waals surface area (Å²) in [6.45, 7) is 2.62. The van der Waals surface area contributed by atoms with E-state index in [1.165, 1.54) is 5.56 Å². The van der Waals surface area contributed by atoms with Gasteiger partial charge < -0.3 is 9.52 Å². The minimum atomic E-state index is -0.780. The molecule has 0 saturated heterocycles. The van der Waals surface area contributed by atoms with Gasteiger partial charge in [0.15, 0.2) is 0 Å². The number of carboxylic acid groups (broad SMARTS) is 1. The summed E-state index contributed by atoms with van der Waals surface area (Å²) in [7, 11) is 0. The lowest BCUT2D eigenvalue weighted by molar-refractivity contribution is -0.145. The summed E-state index contributed by atoms with van der Waals surface area (Å²) in [6, 6.07) is 11.2. The number of benzene rings is 1. The van der Waals surface area contributed by atoms with Gasteiger partial charge in [-0.1, -0.05) is 24.3 Å². The van der Waals surface area contributed by atoms with E-state index in [0.29, 0.717) is 13.0 Å². The van der Waals surface area contributed by atoms with E-state index in [1.807, 2.05) is 42.2 Å². The zero-order valence-electron chi connectivity index (χ0n) is 11.3. The lowest BCUT2D eigenvalue weighted by Crippen LogP contribution is -2.46. The largest absolute Gasteiger partial charge is 0.480 e. The van der Waals surface area contributed by atoms with Crippen LogP contribution in [-0.2, 0) is 17.8 Å². The maximum atomic E-state index is 11.6. The van der Waals surface area contributed by atoms with E-state index in [-0.39, 0.29) is 6.04 Å². The number of hydrogen-bond donors (Lipinski definition) is 1. The third kappa shape index (κ3) is 2.23. The second kappa shape index (κ2) is 5.13.